The minimum atomic E-state index is -0.247. The molecule has 0 saturated heterocycles. The van der Waals surface area contributed by atoms with Gasteiger partial charge in [0.25, 0.3) is 0 Å². The van der Waals surface area contributed by atoms with E-state index < -0.39 is 0 Å². The van der Waals surface area contributed by atoms with Crippen LogP contribution in [0.4, 0.5) is 0 Å². The van der Waals surface area contributed by atoms with Crippen molar-refractivity contribution in [1.29, 1.82) is 0 Å². The number of unbranched alkanes of at least 4 members (excludes halogenated alkanes) is 10. The number of benzene rings is 2. The van der Waals surface area contributed by atoms with Crippen molar-refractivity contribution in [3.05, 3.63) is 102 Å². The van der Waals surface area contributed by atoms with Crippen molar-refractivity contribution < 1.29 is 20.1 Å². The van der Waals surface area contributed by atoms with Gasteiger partial charge in [-0.3, -0.25) is 4.98 Å². The van der Waals surface area contributed by atoms with Crippen LogP contribution in [-0.2, 0) is 30.9 Å². The van der Waals surface area contributed by atoms with Crippen molar-refractivity contribution in [2.75, 3.05) is 0 Å². The SMILES string of the molecule is CCCCCCCCC1(CCCCCCCC)c2ccccc2-c2c[c-]c(-c3ccc(-c4nc(-c5ccccn5)nc(C(C)(C)C)n4)cn3)cc21.[Ir]. The van der Waals surface area contributed by atoms with E-state index in [0.717, 1.165) is 28.3 Å². The molecule has 3 aromatic heterocycles. The number of fused-ring (bicyclic) bond motifs is 3. The van der Waals surface area contributed by atoms with Crippen LogP contribution < -0.4 is 0 Å². The quantitative estimate of drug-likeness (QED) is 0.0688. The Hall–Kier alpha value is -3.60. The molecule has 0 bridgehead atoms. The molecule has 6 rings (SSSR count). The molecule has 0 N–H and O–H groups in total. The fraction of sp³-hybridized carbons (Fsp3) is 0.457. The molecule has 5 nitrogen and oxygen atoms in total. The Morgan fingerprint density at radius 1 is 0.615 bits per heavy atom. The van der Waals surface area contributed by atoms with Gasteiger partial charge < -0.3 is 4.98 Å². The minimum absolute atomic E-state index is 0. The number of hydrogen-bond acceptors (Lipinski definition) is 5. The normalized spacial score (nSPS) is 13.0. The largest absolute Gasteiger partial charge is 0.304 e. The maximum absolute atomic E-state index is 5.00. The predicted octanol–water partition coefficient (Wildman–Crippen LogP) is 12.5. The van der Waals surface area contributed by atoms with Crippen LogP contribution in [0.25, 0.3) is 45.3 Å². The summed E-state index contributed by atoms with van der Waals surface area (Å²) in [4.78, 5) is 24.1. The van der Waals surface area contributed by atoms with Gasteiger partial charge in [0.15, 0.2) is 11.6 Å². The Kier molecular flexibility index (Phi) is 14.0. The van der Waals surface area contributed by atoms with Gasteiger partial charge in [-0.15, -0.1) is 29.3 Å². The molecule has 1 radical (unpaired) electrons. The van der Waals surface area contributed by atoms with E-state index in [1.807, 2.05) is 24.4 Å². The minimum Gasteiger partial charge on any atom is -0.304 e. The molecule has 2 aromatic carbocycles. The van der Waals surface area contributed by atoms with Crippen LogP contribution in [0.3, 0.4) is 0 Å². The molecule has 6 heteroatoms. The maximum atomic E-state index is 5.00. The van der Waals surface area contributed by atoms with Crippen molar-refractivity contribution in [1.82, 2.24) is 24.9 Å². The summed E-state index contributed by atoms with van der Waals surface area (Å²) in [5, 5.41) is 0. The molecule has 0 spiro atoms. The Balaban J connectivity index is 0.00000523. The van der Waals surface area contributed by atoms with Crippen molar-refractivity contribution >= 4 is 0 Å². The van der Waals surface area contributed by atoms with Gasteiger partial charge in [-0.1, -0.05) is 165 Å². The predicted molar refractivity (Wildman–Crippen MR) is 211 cm³/mol. The second-order valence-electron chi connectivity index (χ2n) is 15.5. The number of pyridine rings is 2. The van der Waals surface area contributed by atoms with E-state index in [2.05, 4.69) is 94.2 Å². The number of nitrogens with zero attached hydrogens (tertiary/aromatic N) is 5. The van der Waals surface area contributed by atoms with Crippen LogP contribution in [0, 0.1) is 6.07 Å². The molecular weight excluding hydrogens is 815 g/mol. The third kappa shape index (κ3) is 9.12. The van der Waals surface area contributed by atoms with Crippen LogP contribution in [-0.4, -0.2) is 24.9 Å². The second-order valence-corrected chi connectivity index (χ2v) is 15.5. The molecule has 0 atom stereocenters. The third-order valence-corrected chi connectivity index (χ3v) is 10.6. The smallest absolute Gasteiger partial charge is 0.182 e. The molecule has 3 heterocycles. The van der Waals surface area contributed by atoms with E-state index in [4.69, 9.17) is 19.9 Å². The van der Waals surface area contributed by atoms with Gasteiger partial charge in [-0.2, -0.15) is 0 Å². The summed E-state index contributed by atoms with van der Waals surface area (Å²) >= 11 is 0. The van der Waals surface area contributed by atoms with Gasteiger partial charge >= 0.3 is 0 Å². The van der Waals surface area contributed by atoms with Crippen molar-refractivity contribution in [3.63, 3.8) is 0 Å². The van der Waals surface area contributed by atoms with Gasteiger partial charge in [0.1, 0.15) is 11.5 Å². The fourth-order valence-electron chi connectivity index (χ4n) is 7.75. The second kappa shape index (κ2) is 18.4. The van der Waals surface area contributed by atoms with Crippen molar-refractivity contribution in [2.24, 2.45) is 0 Å². The van der Waals surface area contributed by atoms with E-state index in [-0.39, 0.29) is 30.9 Å². The summed E-state index contributed by atoms with van der Waals surface area (Å²) in [5.41, 5.74) is 9.07. The van der Waals surface area contributed by atoms with Gasteiger partial charge in [0.05, 0.1) is 0 Å². The van der Waals surface area contributed by atoms with Gasteiger partial charge in [0.2, 0.25) is 0 Å². The Bertz CT molecular complexity index is 1850. The molecule has 0 unspecified atom stereocenters. The standard InChI is InChI=1S/C46H56N5.Ir/c1-6-8-10-12-14-19-29-46(30-20-15-13-11-9-7-2)38-23-17-16-22-36(38)37-27-25-34(32-39(37)46)40-28-26-35(33-48-40)42-49-43(41-24-18-21-31-47-41)51-44(50-42)45(3,4)5;/h16-18,21-24,26-28,31-33H,6-15,19-20,29-30H2,1-5H3;/q-1;. The molecule has 0 aliphatic heterocycles. The Morgan fingerprint density at radius 3 is 1.90 bits per heavy atom. The number of rotatable bonds is 17. The van der Waals surface area contributed by atoms with E-state index in [1.165, 1.54) is 112 Å². The monoisotopic (exact) mass is 871 g/mol. The zero-order chi connectivity index (χ0) is 35.7. The van der Waals surface area contributed by atoms with E-state index in [9.17, 15) is 0 Å². The van der Waals surface area contributed by atoms with Gasteiger partial charge in [-0.05, 0) is 36.2 Å². The summed E-state index contributed by atoms with van der Waals surface area (Å²) in [6, 6.07) is 27.5. The average Bonchev–Trinajstić information content (AvgIpc) is 3.43. The molecule has 1 aliphatic carbocycles. The number of aromatic nitrogens is 5. The Morgan fingerprint density at radius 2 is 1.27 bits per heavy atom. The summed E-state index contributed by atoms with van der Waals surface area (Å²) in [7, 11) is 0. The van der Waals surface area contributed by atoms with Crippen LogP contribution >= 0.6 is 0 Å². The molecule has 0 amide bonds. The molecule has 0 fully saturated rings. The first-order chi connectivity index (χ1) is 24.8. The Labute approximate surface area is 326 Å². The summed E-state index contributed by atoms with van der Waals surface area (Å²) in [6.07, 6.45) is 21.8. The summed E-state index contributed by atoms with van der Waals surface area (Å²) in [5.74, 6) is 1.92. The molecule has 0 saturated carbocycles. The van der Waals surface area contributed by atoms with Gasteiger partial charge in [0, 0.05) is 48.9 Å². The maximum Gasteiger partial charge on any atom is 0.182 e. The van der Waals surface area contributed by atoms with Crippen LogP contribution in [0.15, 0.2) is 79.1 Å². The average molecular weight is 871 g/mol. The van der Waals surface area contributed by atoms with Gasteiger partial charge in [-0.25, -0.2) is 15.0 Å². The van der Waals surface area contributed by atoms with E-state index in [0.29, 0.717) is 11.6 Å². The summed E-state index contributed by atoms with van der Waals surface area (Å²) < 4.78 is 0. The molecule has 52 heavy (non-hydrogen) atoms. The number of hydrogen-bond donors (Lipinski definition) is 0. The summed E-state index contributed by atoms with van der Waals surface area (Å²) in [6.45, 7) is 11.0. The molecular formula is C46H56IrN5-. The van der Waals surface area contributed by atoms with Crippen LogP contribution in [0.5, 0.6) is 0 Å². The van der Waals surface area contributed by atoms with E-state index in [1.54, 1.807) is 6.20 Å². The van der Waals surface area contributed by atoms with Crippen molar-refractivity contribution in [3.8, 4) is 45.3 Å². The van der Waals surface area contributed by atoms with Crippen LogP contribution in [0.1, 0.15) is 141 Å². The molecule has 1 aliphatic rings. The third-order valence-electron chi connectivity index (χ3n) is 10.6. The van der Waals surface area contributed by atoms with E-state index >= 15 is 0 Å². The van der Waals surface area contributed by atoms with Crippen LogP contribution in [0.2, 0.25) is 0 Å². The zero-order valence-electron chi connectivity index (χ0n) is 32.0. The first kappa shape index (κ1) is 39.6. The zero-order valence-corrected chi connectivity index (χ0v) is 34.4. The first-order valence-corrected chi connectivity index (χ1v) is 19.6. The molecule has 5 aromatic rings. The van der Waals surface area contributed by atoms with Crippen molar-refractivity contribution in [2.45, 2.75) is 135 Å². The topological polar surface area (TPSA) is 64.5 Å². The molecule has 275 valence electrons. The fourth-order valence-corrected chi connectivity index (χ4v) is 7.75. The first-order valence-electron chi connectivity index (χ1n) is 19.6.